The van der Waals surface area contributed by atoms with E-state index >= 15 is 0 Å². The van der Waals surface area contributed by atoms with Crippen molar-refractivity contribution in [2.24, 2.45) is 0 Å². The molecule has 0 aliphatic rings. The molecule has 0 bridgehead atoms. The minimum atomic E-state index is -0.254. The second-order valence-electron chi connectivity index (χ2n) is 6.88. The summed E-state index contributed by atoms with van der Waals surface area (Å²) < 4.78 is 0. The highest BCUT2D eigenvalue weighted by molar-refractivity contribution is 5.92. The largest absolute Gasteiger partial charge is 0.345 e. The summed E-state index contributed by atoms with van der Waals surface area (Å²) >= 11 is 0. The number of pyridine rings is 3. The van der Waals surface area contributed by atoms with E-state index in [1.54, 1.807) is 43.1 Å². The molecule has 0 aromatic carbocycles. The molecule has 0 aliphatic carbocycles. The van der Waals surface area contributed by atoms with Gasteiger partial charge in [-0.05, 0) is 55.3 Å². The smallest absolute Gasteiger partial charge is 0.270 e. The molecule has 30 heavy (non-hydrogen) atoms. The molecule has 0 aliphatic heterocycles. The monoisotopic (exact) mass is 396 g/mol. The van der Waals surface area contributed by atoms with Gasteiger partial charge in [-0.3, -0.25) is 29.7 Å². The van der Waals surface area contributed by atoms with Gasteiger partial charge in [-0.2, -0.15) is 0 Å². The third kappa shape index (κ3) is 4.35. The van der Waals surface area contributed by atoms with Crippen molar-refractivity contribution < 1.29 is 4.79 Å². The number of amides is 1. The Balaban J connectivity index is 1.42. The Morgan fingerprint density at radius 3 is 2.40 bits per heavy atom. The molecule has 4 rings (SSSR count). The van der Waals surface area contributed by atoms with Crippen LogP contribution in [0.3, 0.4) is 0 Å². The molecule has 4 heterocycles. The number of aromatic nitrogens is 5. The lowest BCUT2D eigenvalue weighted by molar-refractivity contribution is 0.0945. The number of carbonyl (C=O) groups excluding carboxylic acids is 1. The van der Waals surface area contributed by atoms with Crippen LogP contribution in [-0.4, -0.2) is 30.8 Å². The highest BCUT2D eigenvalue weighted by Crippen LogP contribution is 2.21. The zero-order valence-electron chi connectivity index (χ0n) is 16.7. The van der Waals surface area contributed by atoms with Crippen molar-refractivity contribution >= 4 is 5.91 Å². The maximum absolute atomic E-state index is 12.5. The van der Waals surface area contributed by atoms with Crippen LogP contribution in [0.15, 0.2) is 67.5 Å². The summed E-state index contributed by atoms with van der Waals surface area (Å²) in [6.07, 6.45) is 10.1. The first-order chi connectivity index (χ1) is 14.6. The van der Waals surface area contributed by atoms with Gasteiger partial charge in [0, 0.05) is 47.8 Å². The molecule has 0 saturated carbocycles. The van der Waals surface area contributed by atoms with E-state index in [1.165, 1.54) is 0 Å². The molecule has 7 nitrogen and oxygen atoms in total. The molecule has 0 atom stereocenters. The third-order valence-electron chi connectivity index (χ3n) is 4.69. The van der Waals surface area contributed by atoms with E-state index in [1.807, 2.05) is 32.2 Å². The molecular weight excluding hydrogens is 376 g/mol. The summed E-state index contributed by atoms with van der Waals surface area (Å²) in [6.45, 7) is 4.27. The predicted molar refractivity (Wildman–Crippen MR) is 113 cm³/mol. The zero-order chi connectivity index (χ0) is 20.9. The van der Waals surface area contributed by atoms with E-state index in [4.69, 9.17) is 0 Å². The van der Waals surface area contributed by atoms with Gasteiger partial charge in [0.2, 0.25) is 0 Å². The molecular formula is C23H20N6O. The number of hydrogen-bond acceptors (Lipinski definition) is 6. The minimum absolute atomic E-state index is 0.254. The second kappa shape index (κ2) is 8.57. The summed E-state index contributed by atoms with van der Waals surface area (Å²) in [7, 11) is 0. The van der Waals surface area contributed by atoms with Gasteiger partial charge >= 0.3 is 0 Å². The Bertz CT molecular complexity index is 1180. The molecule has 1 amide bonds. The van der Waals surface area contributed by atoms with Crippen LogP contribution in [0.1, 0.15) is 27.4 Å². The lowest BCUT2D eigenvalue weighted by atomic mass is 10.1. The number of carbonyl (C=O) groups is 1. The standard InChI is InChI=1S/C23H20N6O/c1-15-9-19(17-5-6-25-16(2)10-17)12-28-21(15)14-29-23(30)20-4-3-18(11-27-20)22-13-24-7-8-26-22/h3-13H,14H2,1-2H3,(H,29,30). The Morgan fingerprint density at radius 2 is 1.70 bits per heavy atom. The number of hydrogen-bond donors (Lipinski definition) is 1. The van der Waals surface area contributed by atoms with Crippen LogP contribution in [0, 0.1) is 13.8 Å². The average Bonchev–Trinajstić information content (AvgIpc) is 2.79. The molecule has 4 aromatic rings. The molecule has 0 saturated heterocycles. The van der Waals surface area contributed by atoms with E-state index in [0.717, 1.165) is 33.6 Å². The SMILES string of the molecule is Cc1cc(-c2cnc(CNC(=O)c3ccc(-c4cnccn4)cn3)c(C)c2)ccn1. The molecule has 0 unspecified atom stereocenters. The van der Waals surface area contributed by atoms with Crippen molar-refractivity contribution in [2.75, 3.05) is 0 Å². The van der Waals surface area contributed by atoms with Crippen LogP contribution >= 0.6 is 0 Å². The van der Waals surface area contributed by atoms with E-state index in [0.29, 0.717) is 17.9 Å². The summed E-state index contributed by atoms with van der Waals surface area (Å²) in [5.41, 5.74) is 6.72. The molecule has 0 fully saturated rings. The highest BCUT2D eigenvalue weighted by atomic mass is 16.1. The fourth-order valence-electron chi connectivity index (χ4n) is 3.05. The summed E-state index contributed by atoms with van der Waals surface area (Å²) in [5.74, 6) is -0.254. The van der Waals surface area contributed by atoms with Crippen molar-refractivity contribution in [2.45, 2.75) is 20.4 Å². The first-order valence-corrected chi connectivity index (χ1v) is 9.49. The van der Waals surface area contributed by atoms with Crippen molar-refractivity contribution in [3.8, 4) is 22.4 Å². The Hall–Kier alpha value is -4.00. The Labute approximate surface area is 174 Å². The van der Waals surface area contributed by atoms with Gasteiger partial charge in [0.05, 0.1) is 24.1 Å². The van der Waals surface area contributed by atoms with Gasteiger partial charge in [0.1, 0.15) is 5.69 Å². The molecule has 7 heteroatoms. The van der Waals surface area contributed by atoms with Gasteiger partial charge in [-0.15, -0.1) is 0 Å². The number of rotatable bonds is 5. The van der Waals surface area contributed by atoms with Crippen LogP contribution in [-0.2, 0) is 6.54 Å². The van der Waals surface area contributed by atoms with Crippen LogP contribution in [0.4, 0.5) is 0 Å². The first kappa shape index (κ1) is 19.3. The summed E-state index contributed by atoms with van der Waals surface area (Å²) in [6, 6.07) is 9.53. The summed E-state index contributed by atoms with van der Waals surface area (Å²) in [4.78, 5) is 33.7. The maximum atomic E-state index is 12.5. The Kier molecular flexibility index (Phi) is 5.52. The van der Waals surface area contributed by atoms with Gasteiger partial charge in [0.25, 0.3) is 5.91 Å². The van der Waals surface area contributed by atoms with Crippen LogP contribution in [0.2, 0.25) is 0 Å². The molecule has 0 spiro atoms. The van der Waals surface area contributed by atoms with E-state index < -0.39 is 0 Å². The van der Waals surface area contributed by atoms with Crippen molar-refractivity contribution in [1.29, 1.82) is 0 Å². The molecule has 1 N–H and O–H groups in total. The van der Waals surface area contributed by atoms with E-state index in [-0.39, 0.29) is 5.91 Å². The summed E-state index contributed by atoms with van der Waals surface area (Å²) in [5, 5.41) is 2.88. The predicted octanol–water partition coefficient (Wildman–Crippen LogP) is 3.54. The first-order valence-electron chi connectivity index (χ1n) is 9.49. The quantitative estimate of drug-likeness (QED) is 0.555. The van der Waals surface area contributed by atoms with Crippen LogP contribution in [0.25, 0.3) is 22.4 Å². The molecule has 4 aromatic heterocycles. The van der Waals surface area contributed by atoms with Crippen LogP contribution in [0.5, 0.6) is 0 Å². The highest BCUT2D eigenvalue weighted by Gasteiger charge is 2.10. The average molecular weight is 396 g/mol. The number of aryl methyl sites for hydroxylation is 2. The van der Waals surface area contributed by atoms with Crippen molar-refractivity contribution in [3.05, 3.63) is 90.2 Å². The van der Waals surface area contributed by atoms with Crippen molar-refractivity contribution in [3.63, 3.8) is 0 Å². The normalized spacial score (nSPS) is 10.6. The Morgan fingerprint density at radius 1 is 0.833 bits per heavy atom. The fraction of sp³-hybridized carbons (Fsp3) is 0.130. The number of nitrogens with one attached hydrogen (secondary N) is 1. The number of nitrogens with zero attached hydrogens (tertiary/aromatic N) is 5. The van der Waals surface area contributed by atoms with Gasteiger partial charge in [-0.25, -0.2) is 0 Å². The third-order valence-corrected chi connectivity index (χ3v) is 4.69. The van der Waals surface area contributed by atoms with Gasteiger partial charge in [0.15, 0.2) is 0 Å². The lowest BCUT2D eigenvalue weighted by Gasteiger charge is -2.10. The maximum Gasteiger partial charge on any atom is 0.270 e. The fourth-order valence-corrected chi connectivity index (χ4v) is 3.05. The van der Waals surface area contributed by atoms with Crippen molar-refractivity contribution in [1.82, 2.24) is 30.2 Å². The molecule has 148 valence electrons. The second-order valence-corrected chi connectivity index (χ2v) is 6.88. The molecule has 0 radical (unpaired) electrons. The van der Waals surface area contributed by atoms with Gasteiger partial charge in [-0.1, -0.05) is 0 Å². The van der Waals surface area contributed by atoms with Gasteiger partial charge < -0.3 is 5.32 Å². The lowest BCUT2D eigenvalue weighted by Crippen LogP contribution is -2.24. The van der Waals surface area contributed by atoms with E-state index in [2.05, 4.69) is 36.3 Å². The minimum Gasteiger partial charge on any atom is -0.345 e. The van der Waals surface area contributed by atoms with Crippen LogP contribution < -0.4 is 5.32 Å². The topological polar surface area (TPSA) is 93.6 Å². The zero-order valence-corrected chi connectivity index (χ0v) is 16.7. The van der Waals surface area contributed by atoms with E-state index in [9.17, 15) is 4.79 Å².